The second-order valence-electron chi connectivity index (χ2n) is 6.45. The van der Waals surface area contributed by atoms with E-state index in [1.807, 2.05) is 18.2 Å². The lowest BCUT2D eigenvalue weighted by atomic mass is 10.1. The summed E-state index contributed by atoms with van der Waals surface area (Å²) in [5.41, 5.74) is 2.98. The van der Waals surface area contributed by atoms with E-state index in [4.69, 9.17) is 17.5 Å². The van der Waals surface area contributed by atoms with Gasteiger partial charge in [-0.25, -0.2) is 4.39 Å². The number of anilines is 2. The molecule has 0 aliphatic heterocycles. The van der Waals surface area contributed by atoms with Gasteiger partial charge in [0.1, 0.15) is 5.82 Å². The Morgan fingerprint density at radius 2 is 1.67 bits per heavy atom. The van der Waals surface area contributed by atoms with Crippen LogP contribution in [-0.2, 0) is 6.42 Å². The third-order valence-corrected chi connectivity index (χ3v) is 4.52. The number of carbonyl (C=O) groups is 1. The maximum atomic E-state index is 13.7. The fraction of sp³-hybridized carbons (Fsp3) is 0.0870. The lowest BCUT2D eigenvalue weighted by molar-refractivity contribution is 0.102. The van der Waals surface area contributed by atoms with Crippen LogP contribution in [0.25, 0.3) is 0 Å². The van der Waals surface area contributed by atoms with Crippen LogP contribution in [-0.4, -0.2) is 17.6 Å². The zero-order valence-electron chi connectivity index (χ0n) is 16.0. The largest absolute Gasteiger partial charge is 0.362 e. The molecule has 0 spiro atoms. The summed E-state index contributed by atoms with van der Waals surface area (Å²) in [7, 11) is 0. The first-order valence-corrected chi connectivity index (χ1v) is 9.66. The first-order valence-electron chi connectivity index (χ1n) is 9.25. The second kappa shape index (κ2) is 10.1. The molecular weight excluding hydrogens is 399 g/mol. The summed E-state index contributed by atoms with van der Waals surface area (Å²) < 4.78 is 13.7. The maximum absolute atomic E-state index is 13.7. The van der Waals surface area contributed by atoms with Crippen molar-refractivity contribution >= 4 is 34.6 Å². The average molecular weight is 418 g/mol. The van der Waals surface area contributed by atoms with Crippen LogP contribution in [0.15, 0.2) is 72.8 Å². The summed E-state index contributed by atoms with van der Waals surface area (Å²) in [4.78, 5) is 12.2. The maximum Gasteiger partial charge on any atom is 0.258 e. The predicted molar refractivity (Wildman–Crippen MR) is 120 cm³/mol. The topological polar surface area (TPSA) is 77.0 Å². The van der Waals surface area contributed by atoms with E-state index in [0.29, 0.717) is 22.9 Å². The molecule has 0 atom stereocenters. The number of hydrogen-bond acceptors (Lipinski definition) is 3. The average Bonchev–Trinajstić information content (AvgIpc) is 2.75. The molecule has 30 heavy (non-hydrogen) atoms. The molecule has 3 aromatic rings. The number of nitrogens with zero attached hydrogens (tertiary/aromatic N) is 1. The number of halogens is 1. The van der Waals surface area contributed by atoms with E-state index in [2.05, 4.69) is 22.0 Å². The summed E-state index contributed by atoms with van der Waals surface area (Å²) in [6.45, 7) is 0.623. The van der Waals surface area contributed by atoms with Crippen molar-refractivity contribution in [1.82, 2.24) is 5.32 Å². The van der Waals surface area contributed by atoms with Crippen LogP contribution in [0.2, 0.25) is 0 Å². The Kier molecular flexibility index (Phi) is 7.09. The Labute approximate surface area is 179 Å². The summed E-state index contributed by atoms with van der Waals surface area (Å²) >= 11 is 5.30. The van der Waals surface area contributed by atoms with E-state index in [9.17, 15) is 9.18 Å². The van der Waals surface area contributed by atoms with E-state index in [0.717, 1.165) is 17.7 Å². The van der Waals surface area contributed by atoms with Crippen LogP contribution in [0.5, 0.6) is 0 Å². The fourth-order valence-electron chi connectivity index (χ4n) is 2.77. The van der Waals surface area contributed by atoms with Gasteiger partial charge in [0.2, 0.25) is 0 Å². The molecule has 0 aromatic heterocycles. The zero-order valence-corrected chi connectivity index (χ0v) is 16.8. The molecule has 7 heteroatoms. The number of rotatable bonds is 6. The van der Waals surface area contributed by atoms with Gasteiger partial charge in [0.25, 0.3) is 5.91 Å². The molecule has 0 radical (unpaired) electrons. The van der Waals surface area contributed by atoms with Crippen LogP contribution in [0.3, 0.4) is 0 Å². The molecule has 0 unspecified atom stereocenters. The minimum Gasteiger partial charge on any atom is -0.362 e. The molecular formula is C23H19FN4OS. The van der Waals surface area contributed by atoms with Gasteiger partial charge in [-0.3, -0.25) is 4.79 Å². The van der Waals surface area contributed by atoms with Crippen molar-refractivity contribution in [3.05, 3.63) is 95.3 Å². The minimum absolute atomic E-state index is 0.00890. The molecule has 3 aromatic carbocycles. The van der Waals surface area contributed by atoms with E-state index in [1.165, 1.54) is 18.2 Å². The highest BCUT2D eigenvalue weighted by atomic mass is 32.1. The zero-order chi connectivity index (χ0) is 21.3. The molecule has 3 N–H and O–H groups in total. The Morgan fingerprint density at radius 1 is 0.967 bits per heavy atom. The number of hydrogen-bond donors (Lipinski definition) is 3. The van der Waals surface area contributed by atoms with E-state index >= 15 is 0 Å². The first kappa shape index (κ1) is 21.0. The Bertz CT molecular complexity index is 1090. The number of amides is 1. The van der Waals surface area contributed by atoms with Crippen molar-refractivity contribution in [3.63, 3.8) is 0 Å². The number of thiocarbonyl (C=S) groups is 1. The molecule has 0 saturated carbocycles. The molecule has 0 aliphatic carbocycles. The second-order valence-corrected chi connectivity index (χ2v) is 6.86. The number of nitrogens with one attached hydrogen (secondary N) is 3. The SMILES string of the molecule is N#Cc1cccc(CCNC(=S)Nc2ccc(NC(=O)c3ccccc3F)cc2)c1. The minimum atomic E-state index is -0.566. The first-order chi connectivity index (χ1) is 14.5. The van der Waals surface area contributed by atoms with Crippen molar-refractivity contribution in [3.8, 4) is 6.07 Å². The van der Waals surface area contributed by atoms with Crippen molar-refractivity contribution in [2.45, 2.75) is 6.42 Å². The van der Waals surface area contributed by atoms with Crippen LogP contribution in [0, 0.1) is 17.1 Å². The third kappa shape index (κ3) is 5.87. The van der Waals surface area contributed by atoms with Gasteiger partial charge in [-0.2, -0.15) is 5.26 Å². The van der Waals surface area contributed by atoms with Crippen LogP contribution in [0.4, 0.5) is 15.8 Å². The summed E-state index contributed by atoms with van der Waals surface area (Å²) in [6, 6.07) is 22.3. The van der Waals surface area contributed by atoms with Gasteiger partial charge in [-0.05, 0) is 72.7 Å². The molecule has 0 fully saturated rings. The third-order valence-electron chi connectivity index (χ3n) is 4.27. The normalized spacial score (nSPS) is 10.0. The monoisotopic (exact) mass is 418 g/mol. The number of nitriles is 1. The van der Waals surface area contributed by atoms with E-state index in [-0.39, 0.29) is 5.56 Å². The molecule has 0 aliphatic rings. The van der Waals surface area contributed by atoms with Gasteiger partial charge in [0, 0.05) is 17.9 Å². The number of benzene rings is 3. The Morgan fingerprint density at radius 3 is 2.37 bits per heavy atom. The standard InChI is InChI=1S/C23H19FN4OS/c24-21-7-2-1-6-20(21)22(29)27-18-8-10-19(11-9-18)28-23(30)26-13-12-16-4-3-5-17(14-16)15-25/h1-11,14H,12-13H2,(H,27,29)(H2,26,28,30). The van der Waals surface area contributed by atoms with Gasteiger partial charge < -0.3 is 16.0 Å². The van der Waals surface area contributed by atoms with Gasteiger partial charge in [-0.15, -0.1) is 0 Å². The number of carbonyl (C=O) groups excluding carboxylic acids is 1. The van der Waals surface area contributed by atoms with E-state index in [1.54, 1.807) is 36.4 Å². The lowest BCUT2D eigenvalue weighted by Crippen LogP contribution is -2.30. The fourth-order valence-corrected chi connectivity index (χ4v) is 2.99. The Hall–Kier alpha value is -3.76. The van der Waals surface area contributed by atoms with Gasteiger partial charge in [0.05, 0.1) is 17.2 Å². The molecule has 5 nitrogen and oxygen atoms in total. The van der Waals surface area contributed by atoms with E-state index < -0.39 is 11.7 Å². The Balaban J connectivity index is 1.48. The van der Waals surface area contributed by atoms with Crippen molar-refractivity contribution in [2.75, 3.05) is 17.2 Å². The molecule has 0 bridgehead atoms. The predicted octanol–water partition coefficient (Wildman–Crippen LogP) is 4.48. The van der Waals surface area contributed by atoms with Gasteiger partial charge >= 0.3 is 0 Å². The molecule has 0 heterocycles. The summed E-state index contributed by atoms with van der Waals surface area (Å²) in [5.74, 6) is -1.07. The highest BCUT2D eigenvalue weighted by Crippen LogP contribution is 2.16. The van der Waals surface area contributed by atoms with Crippen molar-refractivity contribution in [2.24, 2.45) is 0 Å². The van der Waals surface area contributed by atoms with Gasteiger partial charge in [0.15, 0.2) is 5.11 Å². The molecule has 1 amide bonds. The highest BCUT2D eigenvalue weighted by Gasteiger charge is 2.10. The molecule has 0 saturated heterocycles. The highest BCUT2D eigenvalue weighted by molar-refractivity contribution is 7.80. The molecule has 150 valence electrons. The van der Waals surface area contributed by atoms with Crippen molar-refractivity contribution in [1.29, 1.82) is 5.26 Å². The van der Waals surface area contributed by atoms with Crippen LogP contribution in [0.1, 0.15) is 21.5 Å². The van der Waals surface area contributed by atoms with Crippen molar-refractivity contribution < 1.29 is 9.18 Å². The van der Waals surface area contributed by atoms with Gasteiger partial charge in [-0.1, -0.05) is 24.3 Å². The quantitative estimate of drug-likeness (QED) is 0.515. The smallest absolute Gasteiger partial charge is 0.258 e. The molecule has 3 rings (SSSR count). The summed E-state index contributed by atoms with van der Waals surface area (Å²) in [5, 5.41) is 18.3. The lowest BCUT2D eigenvalue weighted by Gasteiger charge is -2.12. The summed E-state index contributed by atoms with van der Waals surface area (Å²) in [6.07, 6.45) is 0.734. The van der Waals surface area contributed by atoms with Crippen LogP contribution < -0.4 is 16.0 Å². The van der Waals surface area contributed by atoms with Crippen LogP contribution >= 0.6 is 12.2 Å².